The molecule has 4 aromatic rings. The summed E-state index contributed by atoms with van der Waals surface area (Å²) in [5.74, 6) is 0.387. The maximum Gasteiger partial charge on any atom is 0.343 e. The van der Waals surface area contributed by atoms with Crippen molar-refractivity contribution in [2.24, 2.45) is 5.73 Å². The number of nitrogens with zero attached hydrogens (tertiary/aromatic N) is 1. The first kappa shape index (κ1) is 27.8. The Hall–Kier alpha value is -4.73. The quantitative estimate of drug-likeness (QED) is 0.191. The molecule has 0 bridgehead atoms. The average Bonchev–Trinajstić information content (AvgIpc) is 2.96. The van der Waals surface area contributed by atoms with Crippen molar-refractivity contribution in [3.8, 4) is 23.3 Å². The highest BCUT2D eigenvalue weighted by Crippen LogP contribution is 2.44. The Morgan fingerprint density at radius 3 is 2.39 bits per heavy atom. The molecule has 1 aliphatic heterocycles. The topological polar surface area (TPSA) is 94.6 Å². The third-order valence-corrected chi connectivity index (χ3v) is 7.15. The highest BCUT2D eigenvalue weighted by molar-refractivity contribution is 6.30. The normalized spacial score (nSPS) is 14.5. The minimum absolute atomic E-state index is 0.00117. The number of allylic oxidation sites excluding steroid dienone is 1. The molecule has 5 rings (SSSR count). The van der Waals surface area contributed by atoms with E-state index >= 15 is 0 Å². The van der Waals surface area contributed by atoms with Crippen LogP contribution in [0.15, 0.2) is 102 Å². The molecular formula is C34H29ClN2O4. The smallest absolute Gasteiger partial charge is 0.343 e. The van der Waals surface area contributed by atoms with Gasteiger partial charge in [0.25, 0.3) is 0 Å². The lowest BCUT2D eigenvalue weighted by molar-refractivity contribution is 0.0734. The largest absolute Gasteiger partial charge is 0.489 e. The number of fused-ring (bicyclic) bond motifs is 1. The SMILES string of the molecule is CC(C)(C)c1ccc(C(=O)Oc2ccc3c(c2)OC(N)=C(C#N)C3c2cccc(OCc3ccc(Cl)cc3)c2)cc1. The second-order valence-electron chi connectivity index (χ2n) is 10.8. The number of halogens is 1. The van der Waals surface area contributed by atoms with Crippen molar-refractivity contribution in [3.63, 3.8) is 0 Å². The van der Waals surface area contributed by atoms with Gasteiger partial charge in [-0.15, -0.1) is 0 Å². The van der Waals surface area contributed by atoms with Gasteiger partial charge in [0.1, 0.15) is 35.5 Å². The van der Waals surface area contributed by atoms with E-state index in [9.17, 15) is 10.1 Å². The zero-order chi connectivity index (χ0) is 29.1. The van der Waals surface area contributed by atoms with Gasteiger partial charge in [-0.3, -0.25) is 0 Å². The fourth-order valence-electron chi connectivity index (χ4n) is 4.65. The first-order valence-electron chi connectivity index (χ1n) is 13.1. The van der Waals surface area contributed by atoms with Crippen molar-refractivity contribution < 1.29 is 19.0 Å². The summed E-state index contributed by atoms with van der Waals surface area (Å²) in [6, 6.07) is 29.6. The van der Waals surface area contributed by atoms with Gasteiger partial charge in [-0.2, -0.15) is 5.26 Å². The molecule has 0 fully saturated rings. The molecule has 0 radical (unpaired) electrons. The highest BCUT2D eigenvalue weighted by Gasteiger charge is 2.31. The van der Waals surface area contributed by atoms with Crippen LogP contribution in [0.4, 0.5) is 0 Å². The van der Waals surface area contributed by atoms with Gasteiger partial charge in [-0.05, 0) is 64.6 Å². The minimum atomic E-state index is -0.488. The molecule has 0 saturated heterocycles. The molecule has 1 atom stereocenters. The maximum absolute atomic E-state index is 12.8. The van der Waals surface area contributed by atoms with Crippen molar-refractivity contribution in [2.75, 3.05) is 0 Å². The Morgan fingerprint density at radius 2 is 1.71 bits per heavy atom. The van der Waals surface area contributed by atoms with Gasteiger partial charge in [0.2, 0.25) is 5.88 Å². The number of nitrogens with two attached hydrogens (primary N) is 1. The van der Waals surface area contributed by atoms with E-state index in [-0.39, 0.29) is 16.9 Å². The van der Waals surface area contributed by atoms with Crippen molar-refractivity contribution in [1.29, 1.82) is 5.26 Å². The van der Waals surface area contributed by atoms with Crippen LogP contribution in [-0.4, -0.2) is 5.97 Å². The zero-order valence-corrected chi connectivity index (χ0v) is 23.7. The first-order chi connectivity index (χ1) is 19.6. The van der Waals surface area contributed by atoms with Gasteiger partial charge in [-0.1, -0.05) is 74.8 Å². The summed E-state index contributed by atoms with van der Waals surface area (Å²) in [5.41, 5.74) is 10.5. The number of carbonyl (C=O) groups is 1. The van der Waals surface area contributed by atoms with Gasteiger partial charge in [-0.25, -0.2) is 4.79 Å². The van der Waals surface area contributed by atoms with E-state index in [4.69, 9.17) is 31.5 Å². The second-order valence-corrected chi connectivity index (χ2v) is 11.3. The number of hydrogen-bond donors (Lipinski definition) is 1. The van der Waals surface area contributed by atoms with E-state index in [0.717, 1.165) is 22.3 Å². The lowest BCUT2D eigenvalue weighted by Crippen LogP contribution is -2.21. The van der Waals surface area contributed by atoms with Crippen LogP contribution in [0.1, 0.15) is 59.3 Å². The molecule has 1 heterocycles. The molecule has 1 unspecified atom stereocenters. The molecule has 0 saturated carbocycles. The van der Waals surface area contributed by atoms with Crippen molar-refractivity contribution in [2.45, 2.75) is 38.7 Å². The second kappa shape index (κ2) is 11.4. The number of ether oxygens (including phenoxy) is 3. The van der Waals surface area contributed by atoms with Crippen LogP contribution < -0.4 is 19.9 Å². The molecule has 6 nitrogen and oxygen atoms in total. The molecule has 4 aromatic carbocycles. The van der Waals surface area contributed by atoms with Crippen molar-refractivity contribution >= 4 is 17.6 Å². The molecular weight excluding hydrogens is 536 g/mol. The van der Waals surface area contributed by atoms with E-state index in [0.29, 0.717) is 34.4 Å². The lowest BCUT2D eigenvalue weighted by Gasteiger charge is -2.27. The fraction of sp³-hybridized carbons (Fsp3) is 0.176. The first-order valence-corrected chi connectivity index (χ1v) is 13.5. The predicted octanol–water partition coefficient (Wildman–Crippen LogP) is 7.65. The molecule has 1 aliphatic rings. The Balaban J connectivity index is 1.38. The molecule has 2 N–H and O–H groups in total. The van der Waals surface area contributed by atoms with Gasteiger partial charge in [0.05, 0.1) is 11.5 Å². The molecule has 0 amide bonds. The molecule has 0 aromatic heterocycles. The van der Waals surface area contributed by atoms with E-state index in [1.165, 1.54) is 0 Å². The summed E-state index contributed by atoms with van der Waals surface area (Å²) < 4.78 is 17.5. The molecule has 0 spiro atoms. The zero-order valence-electron chi connectivity index (χ0n) is 23.0. The Bertz CT molecular complexity index is 1660. The number of benzene rings is 4. The number of carbonyl (C=O) groups excluding carboxylic acids is 1. The third-order valence-electron chi connectivity index (χ3n) is 6.90. The summed E-state index contributed by atoms with van der Waals surface area (Å²) >= 11 is 5.98. The van der Waals surface area contributed by atoms with Crippen LogP contribution in [0, 0.1) is 11.3 Å². The standard InChI is InChI=1S/C34H29ClN2O4/c1-34(2,3)24-11-9-22(10-12-24)33(38)40-27-15-16-28-30(18-27)41-32(37)29(19-36)31(28)23-5-4-6-26(17-23)39-20-21-7-13-25(35)14-8-21/h4-18,31H,20,37H2,1-3H3. The molecule has 7 heteroatoms. The molecule has 0 aliphatic carbocycles. The average molecular weight is 565 g/mol. The minimum Gasteiger partial charge on any atom is -0.489 e. The Morgan fingerprint density at radius 1 is 0.976 bits per heavy atom. The molecule has 41 heavy (non-hydrogen) atoms. The number of rotatable bonds is 6. The predicted molar refractivity (Wildman–Crippen MR) is 158 cm³/mol. The number of hydrogen-bond acceptors (Lipinski definition) is 6. The summed E-state index contributed by atoms with van der Waals surface area (Å²) in [6.07, 6.45) is 0. The van der Waals surface area contributed by atoms with E-state index in [1.807, 2.05) is 60.7 Å². The highest BCUT2D eigenvalue weighted by atomic mass is 35.5. The van der Waals surface area contributed by atoms with Gasteiger partial charge in [0.15, 0.2) is 0 Å². The Kier molecular flexibility index (Phi) is 7.74. The van der Waals surface area contributed by atoms with Crippen LogP contribution in [-0.2, 0) is 12.0 Å². The van der Waals surface area contributed by atoms with E-state index < -0.39 is 11.9 Å². The molecule has 206 valence electrons. The van der Waals surface area contributed by atoms with Gasteiger partial charge in [0, 0.05) is 16.7 Å². The monoisotopic (exact) mass is 564 g/mol. The van der Waals surface area contributed by atoms with Crippen LogP contribution in [0.25, 0.3) is 0 Å². The van der Waals surface area contributed by atoms with Crippen LogP contribution in [0.3, 0.4) is 0 Å². The maximum atomic E-state index is 12.8. The fourth-order valence-corrected chi connectivity index (χ4v) is 4.77. The summed E-state index contributed by atoms with van der Waals surface area (Å²) in [6.45, 7) is 6.71. The third kappa shape index (κ3) is 6.21. The van der Waals surface area contributed by atoms with E-state index in [1.54, 1.807) is 30.3 Å². The van der Waals surface area contributed by atoms with Gasteiger partial charge >= 0.3 is 5.97 Å². The van der Waals surface area contributed by atoms with Crippen molar-refractivity contribution in [3.05, 3.63) is 135 Å². The summed E-state index contributed by atoms with van der Waals surface area (Å²) in [7, 11) is 0. The van der Waals surface area contributed by atoms with Crippen LogP contribution in [0.5, 0.6) is 17.2 Å². The lowest BCUT2D eigenvalue weighted by atomic mass is 9.83. The number of nitriles is 1. The summed E-state index contributed by atoms with van der Waals surface area (Å²) in [5, 5.41) is 10.6. The van der Waals surface area contributed by atoms with E-state index in [2.05, 4.69) is 26.8 Å². The van der Waals surface area contributed by atoms with Crippen LogP contribution >= 0.6 is 11.6 Å². The van der Waals surface area contributed by atoms with Gasteiger partial charge < -0.3 is 19.9 Å². The summed E-state index contributed by atoms with van der Waals surface area (Å²) in [4.78, 5) is 12.8. The van der Waals surface area contributed by atoms with Crippen LogP contribution in [0.2, 0.25) is 5.02 Å². The van der Waals surface area contributed by atoms with Crippen molar-refractivity contribution in [1.82, 2.24) is 0 Å². The Labute approximate surface area is 244 Å². The number of esters is 1.